The van der Waals surface area contributed by atoms with Crippen molar-refractivity contribution >= 4 is 39.8 Å². The van der Waals surface area contributed by atoms with E-state index < -0.39 is 0 Å². The standard InChI is InChI=1S/C18H23ClN6O3S/c1-22-12(9-13(26)23(2)18(22)28)25-8-5-11(10-25)20-16(27)14-15(19)21-17(29-14)24-6-3-4-7-24/h9,11H,3-8,10H2,1-2H3,(H,20,27)/t11-/m1/s1. The Bertz CT molecular complexity index is 1050. The van der Waals surface area contributed by atoms with Crippen LogP contribution in [0, 0.1) is 0 Å². The SMILES string of the molecule is Cn1c(N2CC[C@@H](NC(=O)c3sc(N4CCCC4)nc3Cl)C2)cc(=O)n(C)c1=O. The molecule has 0 aliphatic carbocycles. The van der Waals surface area contributed by atoms with Crippen molar-refractivity contribution in [2.75, 3.05) is 36.0 Å². The van der Waals surface area contributed by atoms with E-state index >= 15 is 0 Å². The van der Waals surface area contributed by atoms with Crippen molar-refractivity contribution in [2.45, 2.75) is 25.3 Å². The van der Waals surface area contributed by atoms with E-state index in [-0.39, 0.29) is 28.4 Å². The van der Waals surface area contributed by atoms with Gasteiger partial charge in [-0.2, -0.15) is 0 Å². The largest absolute Gasteiger partial charge is 0.356 e. The molecule has 2 aliphatic rings. The highest BCUT2D eigenvalue weighted by molar-refractivity contribution is 7.18. The van der Waals surface area contributed by atoms with E-state index in [4.69, 9.17) is 11.6 Å². The summed E-state index contributed by atoms with van der Waals surface area (Å²) < 4.78 is 2.52. The molecule has 0 saturated carbocycles. The summed E-state index contributed by atoms with van der Waals surface area (Å²) in [6.07, 6.45) is 2.97. The molecule has 4 rings (SSSR count). The van der Waals surface area contributed by atoms with Crippen molar-refractivity contribution in [1.82, 2.24) is 19.4 Å². The highest BCUT2D eigenvalue weighted by Crippen LogP contribution is 2.31. The van der Waals surface area contributed by atoms with Gasteiger partial charge in [0.15, 0.2) is 10.3 Å². The smallest absolute Gasteiger partial charge is 0.332 e. The van der Waals surface area contributed by atoms with Gasteiger partial charge in [0.05, 0.1) is 0 Å². The number of hydrogen-bond acceptors (Lipinski definition) is 7. The summed E-state index contributed by atoms with van der Waals surface area (Å²) in [5, 5.41) is 4.04. The molecule has 2 fully saturated rings. The Labute approximate surface area is 176 Å². The predicted octanol–water partition coefficient (Wildman–Crippen LogP) is 0.803. The second kappa shape index (κ2) is 7.83. The van der Waals surface area contributed by atoms with Crippen LogP contribution in [0.4, 0.5) is 10.9 Å². The third-order valence-corrected chi connectivity index (χ3v) is 7.01. The van der Waals surface area contributed by atoms with Crippen LogP contribution in [0.2, 0.25) is 5.15 Å². The van der Waals surface area contributed by atoms with Crippen LogP contribution in [0.5, 0.6) is 0 Å². The van der Waals surface area contributed by atoms with Gasteiger partial charge in [-0.25, -0.2) is 9.78 Å². The van der Waals surface area contributed by atoms with E-state index in [9.17, 15) is 14.4 Å². The molecule has 0 unspecified atom stereocenters. The molecule has 1 N–H and O–H groups in total. The van der Waals surface area contributed by atoms with E-state index in [0.29, 0.717) is 30.2 Å². The number of thiazole rings is 1. The summed E-state index contributed by atoms with van der Waals surface area (Å²) in [7, 11) is 3.09. The summed E-state index contributed by atoms with van der Waals surface area (Å²) in [6.45, 7) is 3.04. The lowest BCUT2D eigenvalue weighted by molar-refractivity contribution is 0.0944. The number of nitrogens with zero attached hydrogens (tertiary/aromatic N) is 5. The molecule has 0 bridgehead atoms. The number of hydrogen-bond donors (Lipinski definition) is 1. The third kappa shape index (κ3) is 3.78. The molecular weight excluding hydrogens is 416 g/mol. The number of carbonyl (C=O) groups is 1. The van der Waals surface area contributed by atoms with Gasteiger partial charge in [0.2, 0.25) is 0 Å². The number of rotatable bonds is 4. The molecule has 2 aliphatic heterocycles. The topological polar surface area (TPSA) is 92.5 Å². The van der Waals surface area contributed by atoms with Gasteiger partial charge in [0.1, 0.15) is 10.7 Å². The number of aromatic nitrogens is 3. The van der Waals surface area contributed by atoms with Crippen molar-refractivity contribution in [3.05, 3.63) is 36.9 Å². The first kappa shape index (κ1) is 20.0. The summed E-state index contributed by atoms with van der Waals surface area (Å²) in [4.78, 5) is 45.8. The van der Waals surface area contributed by atoms with Gasteiger partial charge in [-0.05, 0) is 19.3 Å². The number of nitrogens with one attached hydrogen (secondary N) is 1. The average Bonchev–Trinajstić information content (AvgIpc) is 3.43. The van der Waals surface area contributed by atoms with Crippen LogP contribution < -0.4 is 26.4 Å². The Morgan fingerprint density at radius 2 is 1.90 bits per heavy atom. The maximum atomic E-state index is 12.7. The van der Waals surface area contributed by atoms with Gasteiger partial charge in [0, 0.05) is 52.4 Å². The minimum atomic E-state index is -0.370. The second-order valence-electron chi connectivity index (χ2n) is 7.46. The first-order valence-corrected chi connectivity index (χ1v) is 10.8. The average molecular weight is 439 g/mol. The molecular formula is C18H23ClN6O3S. The molecule has 9 nitrogen and oxygen atoms in total. The number of amides is 1. The van der Waals surface area contributed by atoms with Gasteiger partial charge in [-0.15, -0.1) is 0 Å². The van der Waals surface area contributed by atoms with E-state index in [1.54, 1.807) is 7.05 Å². The van der Waals surface area contributed by atoms with Crippen molar-refractivity contribution < 1.29 is 4.79 Å². The number of anilines is 2. The minimum Gasteiger partial charge on any atom is -0.356 e. The van der Waals surface area contributed by atoms with Crippen molar-refractivity contribution in [3.63, 3.8) is 0 Å². The molecule has 0 spiro atoms. The predicted molar refractivity (Wildman–Crippen MR) is 114 cm³/mol. The van der Waals surface area contributed by atoms with Crippen molar-refractivity contribution in [3.8, 4) is 0 Å². The highest BCUT2D eigenvalue weighted by atomic mass is 35.5. The van der Waals surface area contributed by atoms with Crippen LogP contribution in [0.15, 0.2) is 15.7 Å². The van der Waals surface area contributed by atoms with Crippen LogP contribution in [0.25, 0.3) is 0 Å². The van der Waals surface area contributed by atoms with Gasteiger partial charge in [0.25, 0.3) is 11.5 Å². The molecule has 156 valence electrons. The first-order chi connectivity index (χ1) is 13.8. The molecule has 2 aromatic heterocycles. The van der Waals surface area contributed by atoms with Crippen molar-refractivity contribution in [1.29, 1.82) is 0 Å². The van der Waals surface area contributed by atoms with Crippen LogP contribution in [-0.4, -0.2) is 52.2 Å². The monoisotopic (exact) mass is 438 g/mol. The molecule has 2 saturated heterocycles. The lowest BCUT2D eigenvalue weighted by Crippen LogP contribution is -2.41. The van der Waals surface area contributed by atoms with E-state index in [1.807, 2.05) is 4.90 Å². The zero-order chi connectivity index (χ0) is 20.7. The fraction of sp³-hybridized carbons (Fsp3) is 0.556. The second-order valence-corrected chi connectivity index (χ2v) is 8.79. The molecule has 0 radical (unpaired) electrons. The van der Waals surface area contributed by atoms with Gasteiger partial charge in [-0.3, -0.25) is 18.7 Å². The van der Waals surface area contributed by atoms with Crippen LogP contribution in [0.1, 0.15) is 28.9 Å². The summed E-state index contributed by atoms with van der Waals surface area (Å²) in [5.41, 5.74) is -0.715. The number of carbonyl (C=O) groups excluding carboxylic acids is 1. The molecule has 11 heteroatoms. The van der Waals surface area contributed by atoms with Crippen LogP contribution in [0.3, 0.4) is 0 Å². The van der Waals surface area contributed by atoms with Crippen LogP contribution in [-0.2, 0) is 14.1 Å². The Morgan fingerprint density at radius 1 is 1.17 bits per heavy atom. The number of halogens is 1. The Kier molecular flexibility index (Phi) is 5.39. The quantitative estimate of drug-likeness (QED) is 0.759. The van der Waals surface area contributed by atoms with E-state index in [1.165, 1.54) is 29.0 Å². The molecule has 2 aromatic rings. The zero-order valence-electron chi connectivity index (χ0n) is 16.4. The maximum Gasteiger partial charge on any atom is 0.332 e. The molecule has 4 heterocycles. The fourth-order valence-corrected chi connectivity index (χ4v) is 5.08. The highest BCUT2D eigenvalue weighted by Gasteiger charge is 2.29. The lowest BCUT2D eigenvalue weighted by atomic mass is 10.2. The van der Waals surface area contributed by atoms with Gasteiger partial charge in [-0.1, -0.05) is 22.9 Å². The molecule has 1 amide bonds. The van der Waals surface area contributed by atoms with Gasteiger partial charge < -0.3 is 15.1 Å². The van der Waals surface area contributed by atoms with Crippen molar-refractivity contribution in [2.24, 2.45) is 14.1 Å². The lowest BCUT2D eigenvalue weighted by Gasteiger charge is -2.21. The Hall–Kier alpha value is -2.33. The fourth-order valence-electron chi connectivity index (χ4n) is 3.84. The zero-order valence-corrected chi connectivity index (χ0v) is 17.9. The summed E-state index contributed by atoms with van der Waals surface area (Å²) >= 11 is 7.55. The van der Waals surface area contributed by atoms with E-state index in [2.05, 4.69) is 15.2 Å². The first-order valence-electron chi connectivity index (χ1n) is 9.59. The van der Waals surface area contributed by atoms with E-state index in [0.717, 1.165) is 35.6 Å². The summed E-state index contributed by atoms with van der Waals surface area (Å²) in [5.74, 6) is 0.324. The van der Waals surface area contributed by atoms with Crippen LogP contribution >= 0.6 is 22.9 Å². The minimum absolute atomic E-state index is 0.102. The molecule has 0 aromatic carbocycles. The van der Waals surface area contributed by atoms with Gasteiger partial charge >= 0.3 is 5.69 Å². The normalized spacial score (nSPS) is 19.2. The molecule has 29 heavy (non-hydrogen) atoms. The maximum absolute atomic E-state index is 12.7. The Morgan fingerprint density at radius 3 is 2.62 bits per heavy atom. The molecule has 1 atom stereocenters. The third-order valence-electron chi connectivity index (χ3n) is 5.51. The summed E-state index contributed by atoms with van der Waals surface area (Å²) in [6, 6.07) is 1.35. The Balaban J connectivity index is 1.45.